The van der Waals surface area contributed by atoms with Crippen LogP contribution in [-0.2, 0) is 9.59 Å². The van der Waals surface area contributed by atoms with Gasteiger partial charge in [-0.15, -0.1) is 0 Å². The number of hydrogen-bond donors (Lipinski definition) is 1. The van der Waals surface area contributed by atoms with Gasteiger partial charge in [0, 0.05) is 11.3 Å². The Hall–Kier alpha value is -3.15. The molecule has 2 aromatic rings. The third-order valence-corrected chi connectivity index (χ3v) is 7.78. The van der Waals surface area contributed by atoms with Crippen LogP contribution in [0.2, 0.25) is 0 Å². The van der Waals surface area contributed by atoms with Gasteiger partial charge < -0.3 is 10.1 Å². The summed E-state index contributed by atoms with van der Waals surface area (Å²) in [4.78, 5) is 40.4. The van der Waals surface area contributed by atoms with E-state index >= 15 is 0 Å². The lowest BCUT2D eigenvalue weighted by Crippen LogP contribution is -2.36. The third kappa shape index (κ3) is 3.04. The fraction of sp³-hybridized carbons (Fsp3) is 0.423. The molecule has 0 radical (unpaired) electrons. The Morgan fingerprint density at radius 1 is 0.969 bits per heavy atom. The second-order valence-electron chi connectivity index (χ2n) is 9.63. The molecule has 6 heteroatoms. The van der Waals surface area contributed by atoms with Gasteiger partial charge in [0.05, 0.1) is 24.1 Å². The lowest BCUT2D eigenvalue weighted by Gasteiger charge is -2.28. The molecule has 0 aromatic heterocycles. The predicted molar refractivity (Wildman–Crippen MR) is 121 cm³/mol. The number of hydrogen-bond acceptors (Lipinski definition) is 4. The summed E-state index contributed by atoms with van der Waals surface area (Å²) in [6, 6.07) is 13.9. The minimum absolute atomic E-state index is 0.0511. The zero-order chi connectivity index (χ0) is 22.6. The average Bonchev–Trinajstić information content (AvgIpc) is 3.31. The molecule has 3 fully saturated rings. The second kappa shape index (κ2) is 7.47. The number of nitrogens with zero attached hydrogens (tertiary/aromatic N) is 1. The van der Waals surface area contributed by atoms with Crippen molar-refractivity contribution in [2.24, 2.45) is 29.1 Å². The summed E-state index contributed by atoms with van der Waals surface area (Å²) in [5, 5.41) is 2.85. The van der Waals surface area contributed by atoms with Crippen molar-refractivity contribution in [2.75, 3.05) is 16.8 Å². The number of fused-ring (bicyclic) bond motifs is 5. The number of rotatable bonds is 5. The van der Waals surface area contributed by atoms with Crippen LogP contribution in [0.5, 0.6) is 5.75 Å². The number of anilines is 2. The predicted octanol–water partition coefficient (Wildman–Crippen LogP) is 4.51. The lowest BCUT2D eigenvalue weighted by molar-refractivity contribution is -0.124. The van der Waals surface area contributed by atoms with E-state index in [0.717, 1.165) is 18.6 Å². The van der Waals surface area contributed by atoms with E-state index < -0.39 is 0 Å². The molecule has 6 nitrogen and oxygen atoms in total. The Morgan fingerprint density at radius 3 is 2.06 bits per heavy atom. The standard InChI is InChI=1S/C26H28N2O4/c1-4-32-18-11-7-16(8-12-18)27-23(29)15-5-9-17(10-6-15)28-24(30)21-19-13-14-20(26(19,2)3)22(21)25(28)31/h5-12,19-22H,4,13-14H2,1-3H3,(H,27,29). The van der Waals surface area contributed by atoms with Gasteiger partial charge in [0.25, 0.3) is 5.91 Å². The summed E-state index contributed by atoms with van der Waals surface area (Å²) in [6.07, 6.45) is 2.05. The Bertz CT molecular complexity index is 1040. The summed E-state index contributed by atoms with van der Waals surface area (Å²) >= 11 is 0. The maximum absolute atomic E-state index is 13.2. The number of carbonyl (C=O) groups excluding carboxylic acids is 3. The monoisotopic (exact) mass is 432 g/mol. The van der Waals surface area contributed by atoms with Gasteiger partial charge in [0.15, 0.2) is 0 Å². The van der Waals surface area contributed by atoms with Crippen molar-refractivity contribution in [3.63, 3.8) is 0 Å². The van der Waals surface area contributed by atoms with Gasteiger partial charge in [0.2, 0.25) is 11.8 Å². The number of amides is 3. The Balaban J connectivity index is 1.30. The number of carbonyl (C=O) groups is 3. The van der Waals surface area contributed by atoms with Gasteiger partial charge in [-0.1, -0.05) is 13.8 Å². The minimum Gasteiger partial charge on any atom is -0.494 e. The van der Waals surface area contributed by atoms with Crippen molar-refractivity contribution < 1.29 is 19.1 Å². The first-order valence-corrected chi connectivity index (χ1v) is 11.3. The van der Waals surface area contributed by atoms with Crippen molar-refractivity contribution in [1.82, 2.24) is 0 Å². The highest BCUT2D eigenvalue weighted by Gasteiger charge is 2.68. The van der Waals surface area contributed by atoms with E-state index in [-0.39, 0.29) is 46.8 Å². The van der Waals surface area contributed by atoms with Crippen molar-refractivity contribution in [3.05, 3.63) is 54.1 Å². The van der Waals surface area contributed by atoms with Crippen molar-refractivity contribution in [1.29, 1.82) is 0 Å². The molecule has 3 amide bonds. The Kier molecular flexibility index (Phi) is 4.84. The quantitative estimate of drug-likeness (QED) is 0.706. The molecular formula is C26H28N2O4. The van der Waals surface area contributed by atoms with Crippen LogP contribution in [-0.4, -0.2) is 24.3 Å². The molecule has 166 valence electrons. The smallest absolute Gasteiger partial charge is 0.255 e. The number of benzene rings is 2. The molecule has 4 unspecified atom stereocenters. The first-order valence-electron chi connectivity index (χ1n) is 11.3. The summed E-state index contributed by atoms with van der Waals surface area (Å²) < 4.78 is 5.41. The van der Waals surface area contributed by atoms with Crippen LogP contribution >= 0.6 is 0 Å². The van der Waals surface area contributed by atoms with Crippen LogP contribution in [0.4, 0.5) is 11.4 Å². The fourth-order valence-electron chi connectivity index (χ4n) is 6.24. The Labute approximate surface area is 187 Å². The van der Waals surface area contributed by atoms with E-state index in [9.17, 15) is 14.4 Å². The van der Waals surface area contributed by atoms with E-state index in [4.69, 9.17) is 4.74 Å². The highest BCUT2D eigenvalue weighted by atomic mass is 16.5. The molecule has 1 N–H and O–H groups in total. The van der Waals surface area contributed by atoms with E-state index in [1.54, 1.807) is 48.5 Å². The molecule has 1 aliphatic heterocycles. The number of ether oxygens (including phenoxy) is 1. The van der Waals surface area contributed by atoms with Gasteiger partial charge >= 0.3 is 0 Å². The summed E-state index contributed by atoms with van der Waals surface area (Å²) in [5.41, 5.74) is 1.72. The zero-order valence-electron chi connectivity index (χ0n) is 18.6. The first kappa shape index (κ1) is 20.7. The van der Waals surface area contributed by atoms with Gasteiger partial charge in [-0.25, -0.2) is 0 Å². The molecule has 0 spiro atoms. The molecule has 5 rings (SSSR count). The molecule has 3 aliphatic rings. The molecule has 4 atom stereocenters. The van der Waals surface area contributed by atoms with Crippen LogP contribution in [0.15, 0.2) is 48.5 Å². The third-order valence-electron chi connectivity index (χ3n) is 7.78. The van der Waals surface area contributed by atoms with E-state index in [1.807, 2.05) is 6.92 Å². The van der Waals surface area contributed by atoms with Crippen molar-refractivity contribution >= 4 is 29.1 Å². The van der Waals surface area contributed by atoms with Crippen LogP contribution in [0, 0.1) is 29.1 Å². The van der Waals surface area contributed by atoms with E-state index in [1.165, 1.54) is 4.90 Å². The maximum atomic E-state index is 13.2. The highest BCUT2D eigenvalue weighted by molar-refractivity contribution is 6.22. The fourth-order valence-corrected chi connectivity index (χ4v) is 6.24. The van der Waals surface area contributed by atoms with Crippen LogP contribution < -0.4 is 15.0 Å². The molecule has 2 aliphatic carbocycles. The SMILES string of the molecule is CCOc1ccc(NC(=O)c2ccc(N3C(=O)C4C(C3=O)C3CCC4C3(C)C)cc2)cc1. The zero-order valence-corrected chi connectivity index (χ0v) is 18.6. The summed E-state index contributed by atoms with van der Waals surface area (Å²) in [7, 11) is 0. The lowest BCUT2D eigenvalue weighted by atomic mass is 9.79. The molecule has 2 aromatic carbocycles. The number of imide groups is 1. The van der Waals surface area contributed by atoms with Crippen LogP contribution in [0.25, 0.3) is 0 Å². The molecule has 2 saturated carbocycles. The Morgan fingerprint density at radius 2 is 1.53 bits per heavy atom. The number of nitrogens with one attached hydrogen (secondary N) is 1. The normalized spacial score (nSPS) is 27.5. The van der Waals surface area contributed by atoms with E-state index in [0.29, 0.717) is 23.5 Å². The second-order valence-corrected chi connectivity index (χ2v) is 9.63. The largest absolute Gasteiger partial charge is 0.494 e. The topological polar surface area (TPSA) is 75.7 Å². The van der Waals surface area contributed by atoms with Crippen molar-refractivity contribution in [3.8, 4) is 5.75 Å². The van der Waals surface area contributed by atoms with Crippen LogP contribution in [0.3, 0.4) is 0 Å². The van der Waals surface area contributed by atoms with Gasteiger partial charge in [-0.2, -0.15) is 0 Å². The molecule has 1 saturated heterocycles. The van der Waals surface area contributed by atoms with Crippen LogP contribution in [0.1, 0.15) is 44.0 Å². The average molecular weight is 433 g/mol. The minimum atomic E-state index is -0.253. The summed E-state index contributed by atoms with van der Waals surface area (Å²) in [6.45, 7) is 6.91. The van der Waals surface area contributed by atoms with Crippen molar-refractivity contribution in [2.45, 2.75) is 33.6 Å². The molecule has 32 heavy (non-hydrogen) atoms. The summed E-state index contributed by atoms with van der Waals surface area (Å²) in [5.74, 6) is 0.501. The maximum Gasteiger partial charge on any atom is 0.255 e. The first-order chi connectivity index (χ1) is 15.3. The molecule has 2 bridgehead atoms. The van der Waals surface area contributed by atoms with Gasteiger partial charge in [-0.3, -0.25) is 19.3 Å². The van der Waals surface area contributed by atoms with Gasteiger partial charge in [-0.05, 0) is 85.5 Å². The van der Waals surface area contributed by atoms with E-state index in [2.05, 4.69) is 19.2 Å². The highest BCUT2D eigenvalue weighted by Crippen LogP contribution is 2.65. The molecular weight excluding hydrogens is 404 g/mol. The molecule has 1 heterocycles. The van der Waals surface area contributed by atoms with Gasteiger partial charge in [0.1, 0.15) is 5.75 Å².